The summed E-state index contributed by atoms with van der Waals surface area (Å²) in [6.45, 7) is 3.01. The quantitative estimate of drug-likeness (QED) is 0.695. The molecule has 0 spiro atoms. The maximum absolute atomic E-state index is 12.8. The fourth-order valence-electron chi connectivity index (χ4n) is 3.61. The van der Waals surface area contributed by atoms with Crippen LogP contribution in [0.4, 0.5) is 11.8 Å². The molecule has 2 aromatic heterocycles. The lowest BCUT2D eigenvalue weighted by Gasteiger charge is -2.35. The van der Waals surface area contributed by atoms with Crippen molar-refractivity contribution in [3.8, 4) is 17.2 Å². The Balaban J connectivity index is 1.67. The standard InChI is InChI=1S/C20H23N5O4/c1-27-14-12-13-16(18(29-3)17(14)28-2)19(26)23-20(22-13)25-10-8-24(9-11-25)15-6-4-5-7-21-15/h4-7,12H,8-11H2,1-3H3,(H,22,23,26). The average molecular weight is 397 g/mol. The maximum Gasteiger partial charge on any atom is 0.286 e. The van der Waals surface area contributed by atoms with Gasteiger partial charge in [0.2, 0.25) is 11.7 Å². The molecule has 0 unspecified atom stereocenters. The van der Waals surface area contributed by atoms with Crippen molar-refractivity contribution < 1.29 is 14.2 Å². The molecular formula is C20H23N5O4. The molecule has 4 rings (SSSR count). The lowest BCUT2D eigenvalue weighted by Crippen LogP contribution is -2.47. The number of benzene rings is 1. The van der Waals surface area contributed by atoms with Crippen LogP contribution in [0.15, 0.2) is 35.3 Å². The number of hydrogen-bond donors (Lipinski definition) is 1. The number of pyridine rings is 1. The van der Waals surface area contributed by atoms with Crippen molar-refractivity contribution in [2.45, 2.75) is 0 Å². The van der Waals surface area contributed by atoms with Gasteiger partial charge < -0.3 is 29.0 Å². The van der Waals surface area contributed by atoms with Crippen LogP contribution >= 0.6 is 0 Å². The summed E-state index contributed by atoms with van der Waals surface area (Å²) in [6, 6.07) is 7.61. The highest BCUT2D eigenvalue weighted by Crippen LogP contribution is 2.41. The Labute approximate surface area is 167 Å². The third kappa shape index (κ3) is 3.39. The van der Waals surface area contributed by atoms with Gasteiger partial charge in [-0.05, 0) is 12.1 Å². The van der Waals surface area contributed by atoms with Crippen LogP contribution < -0.4 is 29.6 Å². The minimum absolute atomic E-state index is 0.308. The second-order valence-corrected chi connectivity index (χ2v) is 6.60. The van der Waals surface area contributed by atoms with Crippen LogP contribution in [0.5, 0.6) is 17.2 Å². The Bertz CT molecular complexity index is 1060. The van der Waals surface area contributed by atoms with Crippen LogP contribution in [0.1, 0.15) is 0 Å². The van der Waals surface area contributed by atoms with Crippen LogP contribution in [0.2, 0.25) is 0 Å². The van der Waals surface area contributed by atoms with E-state index in [4.69, 9.17) is 14.2 Å². The van der Waals surface area contributed by atoms with Gasteiger partial charge in [-0.2, -0.15) is 4.98 Å². The normalized spacial score (nSPS) is 14.2. The maximum atomic E-state index is 12.8. The average Bonchev–Trinajstić information content (AvgIpc) is 2.78. The fourth-order valence-corrected chi connectivity index (χ4v) is 3.61. The van der Waals surface area contributed by atoms with Crippen LogP contribution in [0, 0.1) is 0 Å². The predicted molar refractivity (Wildman–Crippen MR) is 111 cm³/mol. The minimum atomic E-state index is -0.376. The molecule has 1 aliphatic heterocycles. The van der Waals surface area contributed by atoms with E-state index in [1.165, 1.54) is 14.2 Å². The molecule has 1 fully saturated rings. The third-order valence-corrected chi connectivity index (χ3v) is 5.05. The molecule has 1 aromatic carbocycles. The first-order chi connectivity index (χ1) is 14.2. The molecule has 1 N–H and O–H groups in total. The van der Waals surface area contributed by atoms with E-state index in [9.17, 15) is 4.79 Å². The van der Waals surface area contributed by atoms with E-state index in [1.807, 2.05) is 18.2 Å². The van der Waals surface area contributed by atoms with E-state index in [0.717, 1.165) is 32.0 Å². The number of anilines is 2. The van der Waals surface area contributed by atoms with Crippen molar-refractivity contribution in [2.75, 3.05) is 57.3 Å². The van der Waals surface area contributed by atoms with Gasteiger partial charge in [0.05, 0.1) is 26.8 Å². The Hall–Kier alpha value is -3.49. The Morgan fingerprint density at radius 1 is 0.966 bits per heavy atom. The summed E-state index contributed by atoms with van der Waals surface area (Å²) < 4.78 is 16.2. The van der Waals surface area contributed by atoms with E-state index in [2.05, 4.69) is 24.8 Å². The van der Waals surface area contributed by atoms with E-state index >= 15 is 0 Å². The van der Waals surface area contributed by atoms with E-state index < -0.39 is 0 Å². The summed E-state index contributed by atoms with van der Waals surface area (Å²) in [5, 5.41) is 0.334. The molecule has 0 amide bonds. The SMILES string of the molecule is COc1cc2[nH]c(N3CCN(c4ccccn4)CC3)nc(=O)c2c(OC)c1OC. The first-order valence-corrected chi connectivity index (χ1v) is 9.30. The van der Waals surface area contributed by atoms with Gasteiger partial charge in [0.25, 0.3) is 5.56 Å². The number of ether oxygens (including phenoxy) is 3. The van der Waals surface area contributed by atoms with Gasteiger partial charge in [-0.3, -0.25) is 4.79 Å². The lowest BCUT2D eigenvalue weighted by molar-refractivity contribution is 0.327. The lowest BCUT2D eigenvalue weighted by atomic mass is 10.2. The summed E-state index contributed by atoms with van der Waals surface area (Å²) >= 11 is 0. The second kappa shape index (κ2) is 7.86. The fraction of sp³-hybridized carbons (Fsp3) is 0.350. The van der Waals surface area contributed by atoms with Crippen molar-refractivity contribution in [1.82, 2.24) is 15.0 Å². The highest BCUT2D eigenvalue weighted by atomic mass is 16.5. The number of H-pyrrole nitrogens is 1. The zero-order valence-corrected chi connectivity index (χ0v) is 16.6. The topological polar surface area (TPSA) is 92.8 Å². The Morgan fingerprint density at radius 3 is 2.31 bits per heavy atom. The first kappa shape index (κ1) is 18.9. The van der Waals surface area contributed by atoms with E-state index in [0.29, 0.717) is 34.1 Å². The number of piperazine rings is 1. The number of aromatic amines is 1. The molecule has 0 aliphatic carbocycles. The summed E-state index contributed by atoms with van der Waals surface area (Å²) in [4.78, 5) is 29.0. The second-order valence-electron chi connectivity index (χ2n) is 6.60. The number of hydrogen-bond acceptors (Lipinski definition) is 8. The molecule has 152 valence electrons. The molecule has 3 heterocycles. The third-order valence-electron chi connectivity index (χ3n) is 5.05. The molecule has 0 atom stereocenters. The van der Waals surface area contributed by atoms with Crippen molar-refractivity contribution >= 4 is 22.7 Å². The number of nitrogens with one attached hydrogen (secondary N) is 1. The zero-order valence-electron chi connectivity index (χ0n) is 16.6. The molecule has 1 aliphatic rings. The van der Waals surface area contributed by atoms with Crippen molar-refractivity contribution in [3.05, 3.63) is 40.8 Å². The van der Waals surface area contributed by atoms with Crippen LogP contribution in [-0.4, -0.2) is 62.5 Å². The van der Waals surface area contributed by atoms with Gasteiger partial charge in [0.15, 0.2) is 11.5 Å². The van der Waals surface area contributed by atoms with Gasteiger partial charge in [-0.1, -0.05) is 6.07 Å². The summed E-state index contributed by atoms with van der Waals surface area (Å²) in [7, 11) is 4.53. The molecule has 3 aromatic rings. The van der Waals surface area contributed by atoms with Gasteiger partial charge in [0, 0.05) is 38.4 Å². The molecule has 0 radical (unpaired) electrons. The zero-order chi connectivity index (χ0) is 20.4. The van der Waals surface area contributed by atoms with E-state index in [-0.39, 0.29) is 5.56 Å². The van der Waals surface area contributed by atoms with Crippen LogP contribution in [0.25, 0.3) is 10.9 Å². The van der Waals surface area contributed by atoms with Crippen molar-refractivity contribution in [1.29, 1.82) is 0 Å². The highest BCUT2D eigenvalue weighted by molar-refractivity contribution is 5.90. The van der Waals surface area contributed by atoms with Gasteiger partial charge in [-0.15, -0.1) is 0 Å². The molecule has 0 saturated carbocycles. The molecule has 9 heteroatoms. The number of methoxy groups -OCH3 is 3. The highest BCUT2D eigenvalue weighted by Gasteiger charge is 2.23. The van der Waals surface area contributed by atoms with Crippen molar-refractivity contribution in [2.24, 2.45) is 0 Å². The number of aromatic nitrogens is 3. The van der Waals surface area contributed by atoms with Gasteiger partial charge in [0.1, 0.15) is 11.2 Å². The summed E-state index contributed by atoms with van der Waals surface area (Å²) in [5.74, 6) is 2.63. The summed E-state index contributed by atoms with van der Waals surface area (Å²) in [5.41, 5.74) is 0.209. The number of rotatable bonds is 5. The van der Waals surface area contributed by atoms with Crippen LogP contribution in [-0.2, 0) is 0 Å². The monoisotopic (exact) mass is 397 g/mol. The number of fused-ring (bicyclic) bond motifs is 1. The van der Waals surface area contributed by atoms with Crippen molar-refractivity contribution in [3.63, 3.8) is 0 Å². The molecule has 1 saturated heterocycles. The van der Waals surface area contributed by atoms with Crippen LogP contribution in [0.3, 0.4) is 0 Å². The summed E-state index contributed by atoms with van der Waals surface area (Å²) in [6.07, 6.45) is 1.79. The van der Waals surface area contributed by atoms with Gasteiger partial charge in [-0.25, -0.2) is 4.98 Å². The largest absolute Gasteiger partial charge is 0.493 e. The predicted octanol–water partition coefficient (Wildman–Crippen LogP) is 1.67. The molecule has 0 bridgehead atoms. The Kier molecular flexibility index (Phi) is 5.11. The van der Waals surface area contributed by atoms with E-state index in [1.54, 1.807) is 19.4 Å². The molecule has 9 nitrogen and oxygen atoms in total. The minimum Gasteiger partial charge on any atom is -0.493 e. The Morgan fingerprint density at radius 2 is 1.69 bits per heavy atom. The molecule has 29 heavy (non-hydrogen) atoms. The van der Waals surface area contributed by atoms with Gasteiger partial charge >= 0.3 is 0 Å². The smallest absolute Gasteiger partial charge is 0.286 e. The first-order valence-electron chi connectivity index (χ1n) is 9.30. The molecular weight excluding hydrogens is 374 g/mol. The number of nitrogens with zero attached hydrogens (tertiary/aromatic N) is 4.